The highest BCUT2D eigenvalue weighted by Crippen LogP contribution is 2.23. The van der Waals surface area contributed by atoms with Crippen LogP contribution in [0.4, 0.5) is 0 Å². The summed E-state index contributed by atoms with van der Waals surface area (Å²) in [6, 6.07) is 11.5. The first-order chi connectivity index (χ1) is 12.3. The summed E-state index contributed by atoms with van der Waals surface area (Å²) in [6.45, 7) is 7.28. The van der Waals surface area contributed by atoms with Crippen LogP contribution in [0.25, 0.3) is 10.9 Å². The first-order valence-electron chi connectivity index (χ1n) is 8.73. The fourth-order valence-corrected chi connectivity index (χ4v) is 2.79. The average Bonchev–Trinajstić information content (AvgIpc) is 2.62. The van der Waals surface area contributed by atoms with Gasteiger partial charge in [-0.25, -0.2) is 0 Å². The molecule has 5 heteroatoms. The van der Waals surface area contributed by atoms with Gasteiger partial charge < -0.3 is 10.2 Å². The first-order valence-corrected chi connectivity index (χ1v) is 9.11. The Balaban J connectivity index is 0.00000117. The van der Waals surface area contributed by atoms with Crippen molar-refractivity contribution >= 4 is 22.5 Å². The van der Waals surface area contributed by atoms with Crippen LogP contribution in [0.3, 0.4) is 0 Å². The minimum Gasteiger partial charge on any atom is -0.392 e. The summed E-state index contributed by atoms with van der Waals surface area (Å²) in [7, 11) is 0. The number of aromatic nitrogens is 2. The van der Waals surface area contributed by atoms with Gasteiger partial charge in [-0.2, -0.15) is 0 Å². The van der Waals surface area contributed by atoms with E-state index in [1.54, 1.807) is 26.1 Å². The number of aliphatic hydroxyl groups is 2. The topological polar surface area (TPSA) is 66.2 Å². The van der Waals surface area contributed by atoms with Crippen LogP contribution in [0.5, 0.6) is 0 Å². The van der Waals surface area contributed by atoms with E-state index in [4.69, 9.17) is 11.6 Å². The van der Waals surface area contributed by atoms with E-state index in [1.807, 2.05) is 44.2 Å². The second kappa shape index (κ2) is 8.58. The van der Waals surface area contributed by atoms with Gasteiger partial charge in [0.25, 0.3) is 0 Å². The van der Waals surface area contributed by atoms with Crippen molar-refractivity contribution in [2.24, 2.45) is 0 Å². The van der Waals surface area contributed by atoms with Crippen LogP contribution in [-0.4, -0.2) is 20.2 Å². The van der Waals surface area contributed by atoms with Crippen molar-refractivity contribution in [3.63, 3.8) is 0 Å². The Morgan fingerprint density at radius 3 is 2.42 bits per heavy atom. The maximum atomic E-state index is 10.2. The summed E-state index contributed by atoms with van der Waals surface area (Å²) in [5.74, 6) is 0. The monoisotopic (exact) mass is 372 g/mol. The molecule has 1 aromatic carbocycles. The van der Waals surface area contributed by atoms with E-state index < -0.39 is 5.60 Å². The summed E-state index contributed by atoms with van der Waals surface area (Å²) in [5, 5.41) is 21.2. The van der Waals surface area contributed by atoms with E-state index >= 15 is 0 Å². The molecular weight excluding hydrogens is 348 g/mol. The Morgan fingerprint density at radius 2 is 1.77 bits per heavy atom. The molecule has 2 aromatic heterocycles. The summed E-state index contributed by atoms with van der Waals surface area (Å²) in [6.07, 6.45) is 2.23. The molecule has 138 valence electrons. The quantitative estimate of drug-likeness (QED) is 0.701. The maximum Gasteiger partial charge on any atom is 0.101 e. The number of aliphatic hydroxyl groups excluding tert-OH is 1. The summed E-state index contributed by atoms with van der Waals surface area (Å²) >= 11 is 6.01. The van der Waals surface area contributed by atoms with Crippen molar-refractivity contribution in [3.05, 3.63) is 70.1 Å². The third-order valence-electron chi connectivity index (χ3n) is 3.85. The van der Waals surface area contributed by atoms with E-state index in [2.05, 4.69) is 9.97 Å². The van der Waals surface area contributed by atoms with Gasteiger partial charge >= 0.3 is 0 Å². The molecule has 0 unspecified atom stereocenters. The van der Waals surface area contributed by atoms with Crippen molar-refractivity contribution in [2.75, 3.05) is 0 Å². The highest BCUT2D eigenvalue weighted by molar-refractivity contribution is 6.31. The van der Waals surface area contributed by atoms with Gasteiger partial charge in [0.2, 0.25) is 0 Å². The molecule has 0 saturated heterocycles. The van der Waals surface area contributed by atoms with Crippen LogP contribution < -0.4 is 0 Å². The molecule has 0 spiro atoms. The zero-order valence-electron chi connectivity index (χ0n) is 15.6. The lowest BCUT2D eigenvalue weighted by Gasteiger charge is -2.18. The Labute approximate surface area is 159 Å². The normalized spacial score (nSPS) is 11.2. The SMILES string of the molecule is CC.CC(C)(O)c1cc(CO)cc(Cc2ccc3ncc(Cl)cc3c2)n1. The smallest absolute Gasteiger partial charge is 0.101 e. The molecular formula is C21H25ClN2O2. The number of benzene rings is 1. The number of fused-ring (bicyclic) bond motifs is 1. The molecule has 0 radical (unpaired) electrons. The van der Waals surface area contributed by atoms with Crippen LogP contribution in [0, 0.1) is 0 Å². The highest BCUT2D eigenvalue weighted by atomic mass is 35.5. The van der Waals surface area contributed by atoms with Crippen LogP contribution in [-0.2, 0) is 18.6 Å². The predicted octanol–water partition coefficient (Wildman–Crippen LogP) is 4.62. The summed E-state index contributed by atoms with van der Waals surface area (Å²) < 4.78 is 0. The summed E-state index contributed by atoms with van der Waals surface area (Å²) in [4.78, 5) is 8.83. The van der Waals surface area contributed by atoms with Gasteiger partial charge in [0, 0.05) is 23.7 Å². The second-order valence-corrected chi connectivity index (χ2v) is 6.86. The molecule has 4 nitrogen and oxygen atoms in total. The minimum atomic E-state index is -1.05. The number of nitrogens with zero attached hydrogens (tertiary/aromatic N) is 2. The molecule has 3 rings (SSSR count). The fraction of sp³-hybridized carbons (Fsp3) is 0.333. The molecule has 0 aliphatic carbocycles. The van der Waals surface area contributed by atoms with Crippen LogP contribution >= 0.6 is 11.6 Å². The average molecular weight is 373 g/mol. The number of hydrogen-bond acceptors (Lipinski definition) is 4. The molecule has 0 aliphatic rings. The van der Waals surface area contributed by atoms with Gasteiger partial charge in [-0.1, -0.05) is 31.5 Å². The Bertz CT molecular complexity index is 889. The van der Waals surface area contributed by atoms with Gasteiger partial charge in [-0.3, -0.25) is 9.97 Å². The predicted molar refractivity (Wildman–Crippen MR) is 106 cm³/mol. The van der Waals surface area contributed by atoms with Crippen LogP contribution in [0.15, 0.2) is 42.6 Å². The number of hydrogen-bond donors (Lipinski definition) is 2. The number of halogens is 1. The number of pyridine rings is 2. The molecule has 0 amide bonds. The van der Waals surface area contributed by atoms with Crippen LogP contribution in [0.2, 0.25) is 5.02 Å². The molecule has 0 atom stereocenters. The van der Waals surface area contributed by atoms with E-state index in [-0.39, 0.29) is 6.61 Å². The minimum absolute atomic E-state index is 0.0875. The number of rotatable bonds is 4. The van der Waals surface area contributed by atoms with Gasteiger partial charge in [0.1, 0.15) is 5.60 Å². The zero-order valence-corrected chi connectivity index (χ0v) is 16.4. The van der Waals surface area contributed by atoms with E-state index in [0.29, 0.717) is 17.1 Å². The van der Waals surface area contributed by atoms with Gasteiger partial charge in [-0.05, 0) is 55.3 Å². The molecule has 26 heavy (non-hydrogen) atoms. The third-order valence-corrected chi connectivity index (χ3v) is 4.05. The standard InChI is InChI=1S/C19H19ClN2O2.C2H6/c1-19(2,24)18-8-13(11-23)7-16(22-18)6-12-3-4-17-14(5-12)9-15(20)10-21-17;1-2/h3-5,7-10,23-24H,6,11H2,1-2H3;1-2H3. The molecule has 0 fully saturated rings. The van der Waals surface area contributed by atoms with Crippen molar-refractivity contribution in [1.29, 1.82) is 0 Å². The van der Waals surface area contributed by atoms with E-state index in [9.17, 15) is 10.2 Å². The molecule has 0 bridgehead atoms. The van der Waals surface area contributed by atoms with Gasteiger partial charge in [-0.15, -0.1) is 0 Å². The van der Waals surface area contributed by atoms with Crippen molar-refractivity contribution < 1.29 is 10.2 Å². The van der Waals surface area contributed by atoms with E-state index in [0.717, 1.165) is 27.7 Å². The van der Waals surface area contributed by atoms with Gasteiger partial charge in [0.05, 0.1) is 22.8 Å². The zero-order chi connectivity index (χ0) is 19.3. The third kappa shape index (κ3) is 5.01. The molecule has 2 N–H and O–H groups in total. The molecule has 0 aliphatic heterocycles. The van der Waals surface area contributed by atoms with Crippen LogP contribution in [0.1, 0.15) is 50.2 Å². The van der Waals surface area contributed by atoms with Gasteiger partial charge in [0.15, 0.2) is 0 Å². The maximum absolute atomic E-state index is 10.2. The van der Waals surface area contributed by atoms with Crippen molar-refractivity contribution in [1.82, 2.24) is 9.97 Å². The molecule has 2 heterocycles. The van der Waals surface area contributed by atoms with Crippen molar-refractivity contribution in [3.8, 4) is 0 Å². The second-order valence-electron chi connectivity index (χ2n) is 6.43. The highest BCUT2D eigenvalue weighted by Gasteiger charge is 2.19. The largest absolute Gasteiger partial charge is 0.392 e. The first kappa shape index (κ1) is 20.3. The summed E-state index contributed by atoms with van der Waals surface area (Å²) in [5.41, 5.74) is 2.99. The Hall–Kier alpha value is -2.01. The Kier molecular flexibility index (Phi) is 6.70. The lowest BCUT2D eigenvalue weighted by Crippen LogP contribution is -2.19. The van der Waals surface area contributed by atoms with Crippen molar-refractivity contribution in [2.45, 2.75) is 46.3 Å². The lowest BCUT2D eigenvalue weighted by molar-refractivity contribution is 0.0734. The molecule has 3 aromatic rings. The Morgan fingerprint density at radius 1 is 1.04 bits per heavy atom. The fourth-order valence-electron chi connectivity index (χ4n) is 2.62. The molecule has 0 saturated carbocycles. The lowest BCUT2D eigenvalue weighted by atomic mass is 10.00. The van der Waals surface area contributed by atoms with E-state index in [1.165, 1.54) is 0 Å².